The summed E-state index contributed by atoms with van der Waals surface area (Å²) in [5, 5.41) is 0. The standard InChI is InChI=1S/C12H20N2/c1-8(2)11-5-12(11)10(6-13)7-14-9(3)4/h6-7,9,11-12H,1,5,13H2,2-4H3. The zero-order chi connectivity index (χ0) is 10.7. The lowest BCUT2D eigenvalue weighted by Crippen LogP contribution is -1.98. The number of nitrogens with zero attached hydrogens (tertiary/aromatic N) is 1. The van der Waals surface area contributed by atoms with Crippen LogP contribution in [0.1, 0.15) is 27.2 Å². The first-order valence-corrected chi connectivity index (χ1v) is 5.16. The second-order valence-electron chi connectivity index (χ2n) is 4.33. The van der Waals surface area contributed by atoms with E-state index in [1.165, 1.54) is 12.0 Å². The van der Waals surface area contributed by atoms with Crippen molar-refractivity contribution in [2.24, 2.45) is 22.6 Å². The van der Waals surface area contributed by atoms with E-state index in [9.17, 15) is 0 Å². The minimum absolute atomic E-state index is 0.340. The Morgan fingerprint density at radius 3 is 2.50 bits per heavy atom. The normalized spacial score (nSPS) is 27.3. The first-order valence-electron chi connectivity index (χ1n) is 5.16. The van der Waals surface area contributed by atoms with Crippen molar-refractivity contribution in [2.45, 2.75) is 33.2 Å². The van der Waals surface area contributed by atoms with Crippen LogP contribution in [-0.4, -0.2) is 12.3 Å². The van der Waals surface area contributed by atoms with Gasteiger partial charge in [-0.05, 0) is 50.8 Å². The van der Waals surface area contributed by atoms with Gasteiger partial charge in [0.15, 0.2) is 0 Å². The van der Waals surface area contributed by atoms with Gasteiger partial charge in [0.05, 0.1) is 0 Å². The summed E-state index contributed by atoms with van der Waals surface area (Å²) in [6.45, 7) is 10.2. The molecule has 0 spiro atoms. The average molecular weight is 192 g/mol. The van der Waals surface area contributed by atoms with Gasteiger partial charge in [0.25, 0.3) is 0 Å². The van der Waals surface area contributed by atoms with Crippen LogP contribution in [0, 0.1) is 11.8 Å². The predicted octanol–water partition coefficient (Wildman–Crippen LogP) is 2.52. The second-order valence-corrected chi connectivity index (χ2v) is 4.33. The van der Waals surface area contributed by atoms with Crippen molar-refractivity contribution in [3.05, 3.63) is 23.9 Å². The molecule has 0 heterocycles. The predicted molar refractivity (Wildman–Crippen MR) is 62.3 cm³/mol. The first-order chi connectivity index (χ1) is 6.56. The molecule has 0 aromatic rings. The van der Waals surface area contributed by atoms with Gasteiger partial charge in [-0.3, -0.25) is 4.99 Å². The van der Waals surface area contributed by atoms with E-state index in [4.69, 9.17) is 5.73 Å². The van der Waals surface area contributed by atoms with Crippen LogP contribution in [0.4, 0.5) is 0 Å². The van der Waals surface area contributed by atoms with Gasteiger partial charge < -0.3 is 5.73 Å². The monoisotopic (exact) mass is 192 g/mol. The number of hydrogen-bond acceptors (Lipinski definition) is 2. The number of rotatable bonds is 4. The SMILES string of the molecule is C=C(C)C1CC1C(C=NC(C)C)=CN. The van der Waals surface area contributed by atoms with Gasteiger partial charge in [-0.15, -0.1) is 0 Å². The van der Waals surface area contributed by atoms with E-state index in [1.54, 1.807) is 6.20 Å². The topological polar surface area (TPSA) is 38.4 Å². The lowest BCUT2D eigenvalue weighted by atomic mass is 10.1. The van der Waals surface area contributed by atoms with Crippen LogP contribution in [0.25, 0.3) is 0 Å². The lowest BCUT2D eigenvalue weighted by Gasteiger charge is -2.01. The Bertz CT molecular complexity index is 274. The van der Waals surface area contributed by atoms with Crippen LogP contribution in [0.5, 0.6) is 0 Å². The average Bonchev–Trinajstić information content (AvgIpc) is 2.85. The van der Waals surface area contributed by atoms with Crippen molar-refractivity contribution >= 4 is 6.21 Å². The smallest absolute Gasteiger partial charge is 0.0443 e. The summed E-state index contributed by atoms with van der Waals surface area (Å²) in [6, 6.07) is 0.340. The largest absolute Gasteiger partial charge is 0.404 e. The van der Waals surface area contributed by atoms with E-state index in [0.717, 1.165) is 5.57 Å². The summed E-state index contributed by atoms with van der Waals surface area (Å²) in [5.41, 5.74) is 8.00. The molecule has 14 heavy (non-hydrogen) atoms. The van der Waals surface area contributed by atoms with Gasteiger partial charge in [0, 0.05) is 12.3 Å². The van der Waals surface area contributed by atoms with Gasteiger partial charge in [-0.1, -0.05) is 12.2 Å². The Hall–Kier alpha value is -1.05. The molecule has 1 saturated carbocycles. The Balaban J connectivity index is 2.55. The van der Waals surface area contributed by atoms with E-state index >= 15 is 0 Å². The van der Waals surface area contributed by atoms with Crippen molar-refractivity contribution in [3.63, 3.8) is 0 Å². The van der Waals surface area contributed by atoms with E-state index < -0.39 is 0 Å². The molecule has 2 nitrogen and oxygen atoms in total. The molecule has 78 valence electrons. The minimum Gasteiger partial charge on any atom is -0.404 e. The highest BCUT2D eigenvalue weighted by atomic mass is 14.7. The molecule has 2 N–H and O–H groups in total. The molecule has 2 unspecified atom stereocenters. The molecule has 2 heteroatoms. The Labute approximate surface area is 86.6 Å². The van der Waals surface area contributed by atoms with Crippen LogP contribution in [0.3, 0.4) is 0 Å². The maximum atomic E-state index is 5.58. The third-order valence-corrected chi connectivity index (χ3v) is 2.57. The van der Waals surface area contributed by atoms with Crippen molar-refractivity contribution in [1.29, 1.82) is 0 Å². The highest BCUT2D eigenvalue weighted by molar-refractivity contribution is 5.80. The number of hydrogen-bond donors (Lipinski definition) is 1. The van der Waals surface area contributed by atoms with Gasteiger partial charge in [0.1, 0.15) is 0 Å². The van der Waals surface area contributed by atoms with Crippen molar-refractivity contribution in [3.8, 4) is 0 Å². The Morgan fingerprint density at radius 1 is 1.50 bits per heavy atom. The van der Waals surface area contributed by atoms with Crippen LogP contribution < -0.4 is 5.73 Å². The van der Waals surface area contributed by atoms with Gasteiger partial charge >= 0.3 is 0 Å². The fourth-order valence-corrected chi connectivity index (χ4v) is 1.61. The first kappa shape index (κ1) is 11.0. The highest BCUT2D eigenvalue weighted by Crippen LogP contribution is 2.47. The second kappa shape index (κ2) is 4.45. The Kier molecular flexibility index (Phi) is 3.50. The minimum atomic E-state index is 0.340. The molecule has 1 aliphatic carbocycles. The maximum absolute atomic E-state index is 5.58. The van der Waals surface area contributed by atoms with Crippen LogP contribution in [-0.2, 0) is 0 Å². The number of nitrogens with two attached hydrogens (primary N) is 1. The lowest BCUT2D eigenvalue weighted by molar-refractivity contribution is 0.835. The molecule has 0 aliphatic heterocycles. The maximum Gasteiger partial charge on any atom is 0.0443 e. The number of aliphatic imine (C=N–C) groups is 1. The molecular formula is C12H20N2. The summed E-state index contributed by atoms with van der Waals surface area (Å²) < 4.78 is 0. The summed E-state index contributed by atoms with van der Waals surface area (Å²) in [6.07, 6.45) is 4.78. The molecule has 0 radical (unpaired) electrons. The van der Waals surface area contributed by atoms with E-state index in [1.807, 2.05) is 6.21 Å². The zero-order valence-electron chi connectivity index (χ0n) is 9.33. The molecule has 1 fully saturated rings. The molecule has 2 atom stereocenters. The van der Waals surface area contributed by atoms with Gasteiger partial charge in [0.2, 0.25) is 0 Å². The molecule has 0 saturated heterocycles. The highest BCUT2D eigenvalue weighted by Gasteiger charge is 2.39. The summed E-state index contributed by atoms with van der Waals surface area (Å²) in [5.74, 6) is 1.20. The van der Waals surface area contributed by atoms with Crippen molar-refractivity contribution in [2.75, 3.05) is 0 Å². The fraction of sp³-hybridized carbons (Fsp3) is 0.583. The zero-order valence-corrected chi connectivity index (χ0v) is 9.33. The summed E-state index contributed by atoms with van der Waals surface area (Å²) in [4.78, 5) is 4.35. The van der Waals surface area contributed by atoms with Gasteiger partial charge in [-0.25, -0.2) is 0 Å². The molecule has 0 amide bonds. The quantitative estimate of drug-likeness (QED) is 0.539. The molecule has 1 rings (SSSR count). The summed E-state index contributed by atoms with van der Waals surface area (Å²) >= 11 is 0. The molecule has 0 aromatic carbocycles. The summed E-state index contributed by atoms with van der Waals surface area (Å²) in [7, 11) is 0. The Morgan fingerprint density at radius 2 is 2.14 bits per heavy atom. The van der Waals surface area contributed by atoms with Crippen LogP contribution >= 0.6 is 0 Å². The van der Waals surface area contributed by atoms with E-state index in [-0.39, 0.29) is 0 Å². The van der Waals surface area contributed by atoms with Crippen LogP contribution in [0.2, 0.25) is 0 Å². The fourth-order valence-electron chi connectivity index (χ4n) is 1.61. The van der Waals surface area contributed by atoms with Crippen molar-refractivity contribution < 1.29 is 0 Å². The van der Waals surface area contributed by atoms with E-state index in [0.29, 0.717) is 17.9 Å². The van der Waals surface area contributed by atoms with Gasteiger partial charge in [-0.2, -0.15) is 0 Å². The molecular weight excluding hydrogens is 172 g/mol. The number of allylic oxidation sites excluding steroid dienone is 2. The molecule has 1 aliphatic rings. The van der Waals surface area contributed by atoms with E-state index in [2.05, 4.69) is 32.3 Å². The van der Waals surface area contributed by atoms with Crippen molar-refractivity contribution in [1.82, 2.24) is 0 Å². The van der Waals surface area contributed by atoms with Crippen LogP contribution in [0.15, 0.2) is 28.9 Å². The third kappa shape index (κ3) is 2.72. The molecule has 0 bridgehead atoms. The molecule has 0 aromatic heterocycles. The third-order valence-electron chi connectivity index (χ3n) is 2.57.